The number of sulfonamides is 1. The minimum absolute atomic E-state index is 0.0594. The summed E-state index contributed by atoms with van der Waals surface area (Å²) < 4.78 is 24.9. The van der Waals surface area contributed by atoms with E-state index in [1.165, 1.54) is 0 Å². The van der Waals surface area contributed by atoms with E-state index in [9.17, 15) is 13.2 Å². The van der Waals surface area contributed by atoms with E-state index in [0.29, 0.717) is 6.54 Å². The lowest BCUT2D eigenvalue weighted by molar-refractivity contribution is -0.130. The van der Waals surface area contributed by atoms with Gasteiger partial charge in [-0.2, -0.15) is 0 Å². The molecule has 4 N–H and O–H groups in total. The minimum Gasteiger partial charge on any atom is -0.354 e. The first-order valence-electron chi connectivity index (χ1n) is 6.58. The van der Waals surface area contributed by atoms with Crippen LogP contribution in [0.4, 0.5) is 0 Å². The molecule has 1 amide bonds. The van der Waals surface area contributed by atoms with E-state index in [1.54, 1.807) is 13.8 Å². The Hall–Kier alpha value is -0.660. The molecule has 1 fully saturated rings. The van der Waals surface area contributed by atoms with Crippen molar-refractivity contribution in [3.05, 3.63) is 0 Å². The van der Waals surface area contributed by atoms with Crippen molar-refractivity contribution in [2.24, 2.45) is 11.1 Å². The van der Waals surface area contributed by atoms with Crippen LogP contribution in [0, 0.1) is 5.41 Å². The van der Waals surface area contributed by atoms with Gasteiger partial charge in [0.15, 0.2) is 0 Å². The third kappa shape index (κ3) is 4.74. The lowest BCUT2D eigenvalue weighted by Crippen LogP contribution is -2.54. The van der Waals surface area contributed by atoms with E-state index in [-0.39, 0.29) is 12.5 Å². The van der Waals surface area contributed by atoms with Gasteiger partial charge in [0.05, 0.1) is 11.7 Å². The summed E-state index contributed by atoms with van der Waals surface area (Å²) in [4.78, 5) is 12.2. The maximum absolute atomic E-state index is 12.2. The molecule has 0 atom stereocenters. The number of rotatable bonds is 6. The van der Waals surface area contributed by atoms with Gasteiger partial charge >= 0.3 is 0 Å². The summed E-state index contributed by atoms with van der Waals surface area (Å²) in [5, 5.41) is 2.83. The second kappa shape index (κ2) is 5.76. The highest BCUT2D eigenvalue weighted by Crippen LogP contribution is 2.37. The lowest BCUT2D eigenvalue weighted by Gasteiger charge is -2.30. The number of nitrogens with one attached hydrogen (secondary N) is 2. The molecule has 0 aliphatic heterocycles. The molecule has 0 radical (unpaired) electrons. The molecule has 0 aromatic carbocycles. The van der Waals surface area contributed by atoms with Crippen LogP contribution in [0.15, 0.2) is 0 Å². The summed E-state index contributed by atoms with van der Waals surface area (Å²) >= 11 is 0. The Bertz CT molecular complexity index is 426. The van der Waals surface area contributed by atoms with E-state index >= 15 is 0 Å². The first-order valence-corrected chi connectivity index (χ1v) is 8.47. The van der Waals surface area contributed by atoms with Crippen LogP contribution in [0.25, 0.3) is 0 Å². The predicted molar refractivity (Wildman–Crippen MR) is 75.0 cm³/mol. The smallest absolute Gasteiger partial charge is 0.227 e. The fourth-order valence-corrected chi connectivity index (χ4v) is 3.68. The second-order valence-corrected chi connectivity index (χ2v) is 7.88. The summed E-state index contributed by atoms with van der Waals surface area (Å²) in [5.41, 5.74) is 4.57. The molecular weight excluding hydrogens is 266 g/mol. The molecule has 1 aliphatic rings. The molecule has 0 aromatic rings. The van der Waals surface area contributed by atoms with Gasteiger partial charge in [-0.05, 0) is 26.7 Å². The molecular formula is C12H25N3O3S. The Labute approximate surface area is 115 Å². The number of hydrogen-bond donors (Lipinski definition) is 3. The molecule has 1 rings (SSSR count). The zero-order valence-electron chi connectivity index (χ0n) is 12.0. The molecule has 0 spiro atoms. The van der Waals surface area contributed by atoms with Gasteiger partial charge in [-0.25, -0.2) is 13.1 Å². The molecule has 112 valence electrons. The standard InChI is InChI=1S/C12H25N3O3S/c1-11(2,15-19(3,17)18)9-14-10(16)12(8-13)6-4-5-7-12/h15H,4-9,13H2,1-3H3,(H,14,16). The molecule has 0 aromatic heterocycles. The van der Waals surface area contributed by atoms with E-state index in [1.807, 2.05) is 0 Å². The number of amides is 1. The zero-order valence-corrected chi connectivity index (χ0v) is 12.8. The number of hydrogen-bond acceptors (Lipinski definition) is 4. The van der Waals surface area contributed by atoms with E-state index < -0.39 is 21.0 Å². The molecule has 0 heterocycles. The van der Waals surface area contributed by atoms with Gasteiger partial charge in [0.2, 0.25) is 15.9 Å². The Kier molecular flexibility index (Phi) is 4.97. The monoisotopic (exact) mass is 291 g/mol. The topological polar surface area (TPSA) is 101 Å². The van der Waals surface area contributed by atoms with Crippen molar-refractivity contribution in [2.45, 2.75) is 45.1 Å². The second-order valence-electron chi connectivity index (χ2n) is 6.13. The minimum atomic E-state index is -3.30. The van der Waals surface area contributed by atoms with Gasteiger partial charge in [-0.15, -0.1) is 0 Å². The van der Waals surface area contributed by atoms with Gasteiger partial charge in [0.25, 0.3) is 0 Å². The van der Waals surface area contributed by atoms with Crippen molar-refractivity contribution in [3.8, 4) is 0 Å². The van der Waals surface area contributed by atoms with Crippen molar-refractivity contribution in [3.63, 3.8) is 0 Å². The Morgan fingerprint density at radius 2 is 1.84 bits per heavy atom. The van der Waals surface area contributed by atoms with Crippen LogP contribution < -0.4 is 15.8 Å². The summed E-state index contributed by atoms with van der Waals surface area (Å²) in [7, 11) is -3.30. The summed E-state index contributed by atoms with van der Waals surface area (Å²) in [6.07, 6.45) is 4.78. The fourth-order valence-electron chi connectivity index (χ4n) is 2.60. The molecule has 1 saturated carbocycles. The van der Waals surface area contributed by atoms with Crippen molar-refractivity contribution in [1.29, 1.82) is 0 Å². The van der Waals surface area contributed by atoms with Crippen LogP contribution in [-0.4, -0.2) is 39.2 Å². The first kappa shape index (κ1) is 16.4. The summed E-state index contributed by atoms with van der Waals surface area (Å²) in [6, 6.07) is 0. The van der Waals surface area contributed by atoms with Gasteiger partial charge in [-0.3, -0.25) is 4.79 Å². The van der Waals surface area contributed by atoms with Crippen LogP contribution in [0.2, 0.25) is 0 Å². The highest BCUT2D eigenvalue weighted by atomic mass is 32.2. The van der Waals surface area contributed by atoms with Crippen LogP contribution in [0.3, 0.4) is 0 Å². The zero-order chi connectivity index (χ0) is 14.7. The largest absolute Gasteiger partial charge is 0.354 e. The molecule has 19 heavy (non-hydrogen) atoms. The first-order chi connectivity index (χ1) is 8.60. The van der Waals surface area contributed by atoms with Crippen LogP contribution in [-0.2, 0) is 14.8 Å². The Morgan fingerprint density at radius 1 is 1.32 bits per heavy atom. The molecule has 7 heteroatoms. The van der Waals surface area contributed by atoms with Crippen molar-refractivity contribution < 1.29 is 13.2 Å². The Morgan fingerprint density at radius 3 is 2.26 bits per heavy atom. The quantitative estimate of drug-likeness (QED) is 0.638. The SMILES string of the molecule is CC(C)(CNC(=O)C1(CN)CCCC1)NS(C)(=O)=O. The van der Waals surface area contributed by atoms with E-state index in [2.05, 4.69) is 10.0 Å². The highest BCUT2D eigenvalue weighted by Gasteiger charge is 2.40. The normalized spacial score (nSPS) is 19.4. The van der Waals surface area contributed by atoms with Gasteiger partial charge < -0.3 is 11.1 Å². The van der Waals surface area contributed by atoms with E-state index in [4.69, 9.17) is 5.73 Å². The maximum atomic E-state index is 12.2. The van der Waals surface area contributed by atoms with Gasteiger partial charge in [-0.1, -0.05) is 12.8 Å². The third-order valence-corrected chi connectivity index (χ3v) is 4.51. The number of nitrogens with two attached hydrogens (primary N) is 1. The molecule has 1 aliphatic carbocycles. The summed E-state index contributed by atoms with van der Waals surface area (Å²) in [6.45, 7) is 4.07. The highest BCUT2D eigenvalue weighted by molar-refractivity contribution is 7.88. The van der Waals surface area contributed by atoms with Crippen molar-refractivity contribution >= 4 is 15.9 Å². The summed E-state index contributed by atoms with van der Waals surface area (Å²) in [5.74, 6) is -0.0594. The van der Waals surface area contributed by atoms with Gasteiger partial charge in [0, 0.05) is 18.6 Å². The molecule has 0 saturated heterocycles. The maximum Gasteiger partial charge on any atom is 0.227 e. The van der Waals surface area contributed by atoms with Crippen LogP contribution in [0.5, 0.6) is 0 Å². The lowest BCUT2D eigenvalue weighted by atomic mass is 9.85. The predicted octanol–water partition coefficient (Wildman–Crippen LogP) is -0.0505. The average molecular weight is 291 g/mol. The molecule has 0 bridgehead atoms. The van der Waals surface area contributed by atoms with Gasteiger partial charge in [0.1, 0.15) is 0 Å². The fraction of sp³-hybridized carbons (Fsp3) is 0.917. The Balaban J connectivity index is 2.58. The number of carbonyl (C=O) groups is 1. The van der Waals surface area contributed by atoms with Crippen molar-refractivity contribution in [1.82, 2.24) is 10.0 Å². The number of carbonyl (C=O) groups excluding carboxylic acids is 1. The van der Waals surface area contributed by atoms with Crippen LogP contribution in [0.1, 0.15) is 39.5 Å². The average Bonchev–Trinajstić information content (AvgIpc) is 2.72. The third-order valence-electron chi connectivity index (χ3n) is 3.59. The molecule has 6 nitrogen and oxygen atoms in total. The van der Waals surface area contributed by atoms with Crippen LogP contribution >= 0.6 is 0 Å². The van der Waals surface area contributed by atoms with Crippen molar-refractivity contribution in [2.75, 3.05) is 19.3 Å². The van der Waals surface area contributed by atoms with E-state index in [0.717, 1.165) is 31.9 Å². The molecule has 0 unspecified atom stereocenters.